The van der Waals surface area contributed by atoms with Gasteiger partial charge in [0.15, 0.2) is 0 Å². The van der Waals surface area contributed by atoms with Crippen LogP contribution in [0.15, 0.2) is 18.2 Å². The first-order valence-corrected chi connectivity index (χ1v) is 8.12. The number of carbonyl (C=O) groups excluding carboxylic acids is 1. The third kappa shape index (κ3) is 7.18. The molecule has 1 rings (SSSR count). The molecule has 0 saturated carbocycles. The summed E-state index contributed by atoms with van der Waals surface area (Å²) in [6, 6.07) is 4.63. The van der Waals surface area contributed by atoms with Gasteiger partial charge in [-0.2, -0.15) is 0 Å². The molecule has 0 saturated heterocycles. The molecule has 0 bridgehead atoms. The van der Waals surface area contributed by atoms with Gasteiger partial charge in [-0.3, -0.25) is 0 Å². The highest BCUT2D eigenvalue weighted by Crippen LogP contribution is 2.14. The van der Waals surface area contributed by atoms with Crippen molar-refractivity contribution in [1.82, 2.24) is 10.2 Å². The van der Waals surface area contributed by atoms with Gasteiger partial charge in [-0.15, -0.1) is 0 Å². The first-order chi connectivity index (χ1) is 10.6. The molecule has 0 aliphatic rings. The van der Waals surface area contributed by atoms with E-state index in [4.69, 9.17) is 16.3 Å². The molecule has 23 heavy (non-hydrogen) atoms. The summed E-state index contributed by atoms with van der Waals surface area (Å²) in [5, 5.41) is 3.51. The van der Waals surface area contributed by atoms with Crippen LogP contribution in [0.5, 0.6) is 0 Å². The first-order valence-electron chi connectivity index (χ1n) is 7.74. The van der Waals surface area contributed by atoms with Crippen LogP contribution in [-0.4, -0.2) is 35.7 Å². The van der Waals surface area contributed by atoms with E-state index in [1.165, 1.54) is 6.07 Å². The van der Waals surface area contributed by atoms with Crippen LogP contribution < -0.4 is 5.32 Å². The zero-order valence-corrected chi connectivity index (χ0v) is 15.2. The predicted molar refractivity (Wildman–Crippen MR) is 91.2 cm³/mol. The van der Waals surface area contributed by atoms with E-state index in [1.807, 2.05) is 34.6 Å². The second-order valence-corrected chi connectivity index (χ2v) is 7.12. The maximum absolute atomic E-state index is 13.7. The molecule has 0 heterocycles. The fourth-order valence-electron chi connectivity index (χ4n) is 1.97. The second-order valence-electron chi connectivity index (χ2n) is 6.68. The quantitative estimate of drug-likeness (QED) is 0.786. The number of hydrogen-bond acceptors (Lipinski definition) is 3. The van der Waals surface area contributed by atoms with Crippen molar-refractivity contribution in [1.29, 1.82) is 0 Å². The zero-order valence-electron chi connectivity index (χ0n) is 14.5. The number of nitrogens with zero attached hydrogens (tertiary/aromatic N) is 1. The summed E-state index contributed by atoms with van der Waals surface area (Å²) < 4.78 is 19.1. The van der Waals surface area contributed by atoms with Gasteiger partial charge in [-0.1, -0.05) is 17.7 Å². The van der Waals surface area contributed by atoms with Crippen molar-refractivity contribution in [3.05, 3.63) is 34.6 Å². The zero-order chi connectivity index (χ0) is 17.6. The van der Waals surface area contributed by atoms with E-state index in [1.54, 1.807) is 17.0 Å². The molecule has 0 unspecified atom stereocenters. The Hall–Kier alpha value is -1.33. The minimum Gasteiger partial charge on any atom is -0.444 e. The fourth-order valence-corrected chi connectivity index (χ4v) is 2.13. The SMILES string of the molecule is CC(C)N(CCNCc1ccc(Cl)cc1F)C(=O)OC(C)(C)C. The molecule has 0 aliphatic heterocycles. The van der Waals surface area contributed by atoms with Gasteiger partial charge >= 0.3 is 6.09 Å². The summed E-state index contributed by atoms with van der Waals surface area (Å²) in [7, 11) is 0. The van der Waals surface area contributed by atoms with Crippen LogP contribution in [0, 0.1) is 5.82 Å². The summed E-state index contributed by atoms with van der Waals surface area (Å²) in [5.74, 6) is -0.335. The number of rotatable bonds is 6. The highest BCUT2D eigenvalue weighted by molar-refractivity contribution is 6.30. The fraction of sp³-hybridized carbons (Fsp3) is 0.588. The van der Waals surface area contributed by atoms with E-state index in [-0.39, 0.29) is 18.0 Å². The van der Waals surface area contributed by atoms with Gasteiger partial charge < -0.3 is 15.0 Å². The van der Waals surface area contributed by atoms with Gasteiger partial charge in [0.2, 0.25) is 0 Å². The number of carbonyl (C=O) groups is 1. The summed E-state index contributed by atoms with van der Waals surface area (Å²) in [6.45, 7) is 10.8. The number of halogens is 2. The third-order valence-electron chi connectivity index (χ3n) is 3.11. The number of hydrogen-bond donors (Lipinski definition) is 1. The number of ether oxygens (including phenoxy) is 1. The van der Waals surface area contributed by atoms with Crippen molar-refractivity contribution in [2.24, 2.45) is 0 Å². The molecule has 0 spiro atoms. The highest BCUT2D eigenvalue weighted by atomic mass is 35.5. The van der Waals surface area contributed by atoms with Crippen LogP contribution in [-0.2, 0) is 11.3 Å². The lowest BCUT2D eigenvalue weighted by Gasteiger charge is -2.30. The Kier molecular flexibility index (Phi) is 7.29. The van der Waals surface area contributed by atoms with E-state index in [0.29, 0.717) is 30.2 Å². The van der Waals surface area contributed by atoms with Crippen LogP contribution in [0.25, 0.3) is 0 Å². The minimum atomic E-state index is -0.524. The molecule has 130 valence electrons. The Bertz CT molecular complexity index is 530. The van der Waals surface area contributed by atoms with E-state index >= 15 is 0 Å². The Morgan fingerprint density at radius 3 is 2.57 bits per heavy atom. The Morgan fingerprint density at radius 2 is 2.04 bits per heavy atom. The van der Waals surface area contributed by atoms with E-state index in [0.717, 1.165) is 0 Å². The molecule has 6 heteroatoms. The van der Waals surface area contributed by atoms with Gasteiger partial charge in [0.1, 0.15) is 11.4 Å². The molecule has 4 nitrogen and oxygen atoms in total. The van der Waals surface area contributed by atoms with E-state index in [2.05, 4.69) is 5.32 Å². The molecular weight excluding hydrogens is 319 g/mol. The van der Waals surface area contributed by atoms with Crippen molar-refractivity contribution >= 4 is 17.7 Å². The van der Waals surface area contributed by atoms with Gasteiger partial charge in [0, 0.05) is 36.3 Å². The van der Waals surface area contributed by atoms with E-state index < -0.39 is 5.60 Å². The molecule has 0 aliphatic carbocycles. The Labute approximate surface area is 142 Å². The molecule has 0 fully saturated rings. The maximum Gasteiger partial charge on any atom is 0.410 e. The lowest BCUT2D eigenvalue weighted by atomic mass is 10.2. The number of amides is 1. The van der Waals surface area contributed by atoms with Crippen LogP contribution in [0.4, 0.5) is 9.18 Å². The summed E-state index contributed by atoms with van der Waals surface area (Å²) in [4.78, 5) is 13.8. The Balaban J connectivity index is 2.48. The molecule has 1 aromatic rings. The number of nitrogens with one attached hydrogen (secondary N) is 1. The van der Waals surface area contributed by atoms with Gasteiger partial charge in [-0.05, 0) is 46.8 Å². The molecule has 1 aromatic carbocycles. The smallest absolute Gasteiger partial charge is 0.410 e. The lowest BCUT2D eigenvalue weighted by Crippen LogP contribution is -2.44. The molecule has 0 radical (unpaired) electrons. The third-order valence-corrected chi connectivity index (χ3v) is 3.35. The standard InChI is InChI=1S/C17H26ClFN2O2/c1-12(2)21(16(22)23-17(3,4)5)9-8-20-11-13-6-7-14(18)10-15(13)19/h6-7,10,12,20H,8-9,11H2,1-5H3. The van der Waals surface area contributed by atoms with Gasteiger partial charge in [-0.25, -0.2) is 9.18 Å². The normalized spacial score (nSPS) is 11.7. The van der Waals surface area contributed by atoms with E-state index in [9.17, 15) is 9.18 Å². The average molecular weight is 345 g/mol. The van der Waals surface area contributed by atoms with Crippen LogP contribution >= 0.6 is 11.6 Å². The molecule has 1 amide bonds. The lowest BCUT2D eigenvalue weighted by molar-refractivity contribution is 0.0193. The predicted octanol–water partition coefficient (Wildman–Crippen LogP) is 4.21. The molecular formula is C17H26ClFN2O2. The average Bonchev–Trinajstić information content (AvgIpc) is 2.38. The van der Waals surface area contributed by atoms with Crippen LogP contribution in [0.2, 0.25) is 5.02 Å². The van der Waals surface area contributed by atoms with Gasteiger partial charge in [0.25, 0.3) is 0 Å². The van der Waals surface area contributed by atoms with Crippen molar-refractivity contribution in [2.75, 3.05) is 13.1 Å². The molecule has 0 aromatic heterocycles. The van der Waals surface area contributed by atoms with Crippen LogP contribution in [0.3, 0.4) is 0 Å². The van der Waals surface area contributed by atoms with Gasteiger partial charge in [0.05, 0.1) is 0 Å². The number of benzene rings is 1. The van der Waals surface area contributed by atoms with Crippen LogP contribution in [0.1, 0.15) is 40.2 Å². The molecule has 0 atom stereocenters. The summed E-state index contributed by atoms with van der Waals surface area (Å²) in [5.41, 5.74) is 0.0205. The summed E-state index contributed by atoms with van der Waals surface area (Å²) >= 11 is 5.72. The monoisotopic (exact) mass is 344 g/mol. The Morgan fingerprint density at radius 1 is 1.39 bits per heavy atom. The summed E-state index contributed by atoms with van der Waals surface area (Å²) in [6.07, 6.45) is -0.341. The van der Waals surface area contributed by atoms with Crippen molar-refractivity contribution in [3.63, 3.8) is 0 Å². The second kappa shape index (κ2) is 8.50. The molecule has 1 N–H and O–H groups in total. The maximum atomic E-state index is 13.7. The topological polar surface area (TPSA) is 41.6 Å². The van der Waals surface area contributed by atoms with Crippen molar-refractivity contribution in [2.45, 2.75) is 52.8 Å². The minimum absolute atomic E-state index is 0.0268. The van der Waals surface area contributed by atoms with Crippen molar-refractivity contribution in [3.8, 4) is 0 Å². The largest absolute Gasteiger partial charge is 0.444 e. The van der Waals surface area contributed by atoms with Crippen molar-refractivity contribution < 1.29 is 13.9 Å². The highest BCUT2D eigenvalue weighted by Gasteiger charge is 2.23. The first kappa shape index (κ1) is 19.7.